The highest BCUT2D eigenvalue weighted by Gasteiger charge is 2.34. The van der Waals surface area contributed by atoms with Crippen LogP contribution in [0.3, 0.4) is 0 Å². The molecule has 0 fully saturated rings. The molecule has 0 saturated heterocycles. The molecule has 0 radical (unpaired) electrons. The molecule has 0 aliphatic heterocycles. The number of hydrogen-bond donors (Lipinski definition) is 0. The summed E-state index contributed by atoms with van der Waals surface area (Å²) in [5, 5.41) is -0.712. The summed E-state index contributed by atoms with van der Waals surface area (Å²) in [5.74, 6) is -9.42. The third-order valence-electron chi connectivity index (χ3n) is 3.35. The van der Waals surface area contributed by atoms with Gasteiger partial charge in [0.2, 0.25) is 5.82 Å². The Labute approximate surface area is 125 Å². The second kappa shape index (κ2) is 6.04. The molecule has 0 N–H and O–H groups in total. The molecule has 2 rings (SSSR count). The van der Waals surface area contributed by atoms with E-state index < -0.39 is 42.3 Å². The lowest BCUT2D eigenvalue weighted by atomic mass is 10.2. The minimum atomic E-state index is -3.01. The van der Waals surface area contributed by atoms with Gasteiger partial charge in [-0.15, -0.1) is 0 Å². The van der Waals surface area contributed by atoms with Gasteiger partial charge in [-0.05, 0) is 5.56 Å². The summed E-state index contributed by atoms with van der Waals surface area (Å²) in [6.45, 7) is 3.04. The smallest absolute Gasteiger partial charge is 0.200 e. The summed E-state index contributed by atoms with van der Waals surface area (Å²) in [5.41, 5.74) is 2.33. The topological polar surface area (TPSA) is 0 Å². The van der Waals surface area contributed by atoms with E-state index in [4.69, 9.17) is 0 Å². The Hall–Kier alpha value is -1.95. The fourth-order valence-electron chi connectivity index (χ4n) is 2.12. The molecule has 0 spiro atoms. The summed E-state index contributed by atoms with van der Waals surface area (Å²) >= 11 is 0. The Morgan fingerprint density at radius 3 is 1.68 bits per heavy atom. The maximum absolute atomic E-state index is 13.9. The minimum absolute atomic E-state index is 0.712. The predicted molar refractivity (Wildman–Crippen MR) is 78.8 cm³/mol. The monoisotopic (exact) mass is 328 g/mol. The van der Waals surface area contributed by atoms with E-state index in [1.807, 2.05) is 6.07 Å². The van der Waals surface area contributed by atoms with Crippen LogP contribution in [0.15, 0.2) is 36.0 Å². The molecule has 0 unspecified atom stereocenters. The van der Waals surface area contributed by atoms with Crippen molar-refractivity contribution >= 4 is 19.3 Å². The van der Waals surface area contributed by atoms with E-state index in [9.17, 15) is 22.0 Å². The maximum Gasteiger partial charge on any atom is 0.200 e. The molecular formula is C16H13F5Si. The molecule has 6 heteroatoms. The Kier molecular flexibility index (Phi) is 4.51. The van der Waals surface area contributed by atoms with Crippen molar-refractivity contribution in [2.75, 3.05) is 0 Å². The van der Waals surface area contributed by atoms with Crippen LogP contribution >= 0.6 is 0 Å². The number of hydrogen-bond acceptors (Lipinski definition) is 0. The van der Waals surface area contributed by atoms with E-state index in [-0.39, 0.29) is 0 Å². The minimum Gasteiger partial charge on any atom is -0.204 e. The Morgan fingerprint density at radius 1 is 0.727 bits per heavy atom. The second-order valence-electron chi connectivity index (χ2n) is 5.41. The van der Waals surface area contributed by atoms with Crippen LogP contribution in [-0.4, -0.2) is 8.07 Å². The van der Waals surface area contributed by atoms with Crippen molar-refractivity contribution in [2.45, 2.75) is 13.1 Å². The molecule has 2 aromatic rings. The van der Waals surface area contributed by atoms with Crippen molar-refractivity contribution in [1.82, 2.24) is 0 Å². The first kappa shape index (κ1) is 16.4. The van der Waals surface area contributed by atoms with Crippen LogP contribution in [0.1, 0.15) is 5.56 Å². The molecule has 0 aliphatic rings. The van der Waals surface area contributed by atoms with Crippen molar-refractivity contribution in [3.8, 4) is 0 Å². The van der Waals surface area contributed by atoms with Crippen LogP contribution < -0.4 is 5.19 Å². The van der Waals surface area contributed by atoms with Gasteiger partial charge in [-0.1, -0.05) is 55.2 Å². The van der Waals surface area contributed by atoms with Crippen LogP contribution in [0.25, 0.3) is 6.08 Å². The van der Waals surface area contributed by atoms with E-state index in [0.29, 0.717) is 0 Å². The Bertz CT molecular complexity index is 694. The first-order chi connectivity index (χ1) is 10.3. The largest absolute Gasteiger partial charge is 0.204 e. The molecule has 22 heavy (non-hydrogen) atoms. The van der Waals surface area contributed by atoms with Crippen molar-refractivity contribution in [1.29, 1.82) is 0 Å². The standard InChI is InChI=1S/C16H13F5Si/c1-22(2,9-8-10-6-4-3-5-7-10)16-14(20)12(18)11(17)13(19)15(16)21/h3-9H,1-2H3. The molecule has 0 bridgehead atoms. The zero-order valence-electron chi connectivity index (χ0n) is 11.9. The fraction of sp³-hybridized carbons (Fsp3) is 0.125. The predicted octanol–water partition coefficient (Wildman–Crippen LogP) is 4.55. The summed E-state index contributed by atoms with van der Waals surface area (Å²) in [7, 11) is -3.01. The molecule has 0 amide bonds. The molecular weight excluding hydrogens is 315 g/mol. The highest BCUT2D eigenvalue weighted by molar-refractivity contribution is 6.94. The molecule has 0 aromatic heterocycles. The zero-order valence-corrected chi connectivity index (χ0v) is 12.9. The lowest BCUT2D eigenvalue weighted by Crippen LogP contribution is -2.45. The van der Waals surface area contributed by atoms with Crippen LogP contribution in [0.2, 0.25) is 13.1 Å². The Balaban J connectivity index is 2.53. The summed E-state index contributed by atoms with van der Waals surface area (Å²) in [6.07, 6.45) is 1.63. The van der Waals surface area contributed by atoms with Crippen LogP contribution in [0, 0.1) is 29.1 Å². The summed E-state index contributed by atoms with van der Waals surface area (Å²) in [4.78, 5) is 0. The second-order valence-corrected chi connectivity index (χ2v) is 9.69. The van der Waals surface area contributed by atoms with Gasteiger partial charge in [0.25, 0.3) is 0 Å². The van der Waals surface area contributed by atoms with Crippen molar-refractivity contribution in [2.24, 2.45) is 0 Å². The normalized spacial score (nSPS) is 12.1. The number of rotatable bonds is 3. The third-order valence-corrected chi connectivity index (χ3v) is 6.07. The van der Waals surface area contributed by atoms with E-state index in [1.54, 1.807) is 36.0 Å². The van der Waals surface area contributed by atoms with Gasteiger partial charge < -0.3 is 0 Å². The van der Waals surface area contributed by atoms with E-state index >= 15 is 0 Å². The van der Waals surface area contributed by atoms with E-state index in [1.165, 1.54) is 13.1 Å². The number of halogens is 5. The average molecular weight is 328 g/mol. The van der Waals surface area contributed by atoms with Crippen LogP contribution in [0.5, 0.6) is 0 Å². The van der Waals surface area contributed by atoms with E-state index in [0.717, 1.165) is 5.56 Å². The first-order valence-electron chi connectivity index (χ1n) is 6.52. The van der Waals surface area contributed by atoms with Crippen molar-refractivity contribution in [3.05, 3.63) is 70.7 Å². The highest BCUT2D eigenvalue weighted by atomic mass is 28.3. The maximum atomic E-state index is 13.9. The van der Waals surface area contributed by atoms with Gasteiger partial charge in [-0.2, -0.15) is 0 Å². The van der Waals surface area contributed by atoms with Crippen molar-refractivity contribution in [3.63, 3.8) is 0 Å². The quantitative estimate of drug-likeness (QED) is 0.336. The van der Waals surface area contributed by atoms with E-state index in [2.05, 4.69) is 0 Å². The molecule has 0 nitrogen and oxygen atoms in total. The summed E-state index contributed by atoms with van der Waals surface area (Å²) in [6, 6.07) is 8.93. The SMILES string of the molecule is C[Si](C)(C=Cc1ccccc1)c1c(F)c(F)c(F)c(F)c1F. The van der Waals surface area contributed by atoms with Crippen LogP contribution in [0.4, 0.5) is 22.0 Å². The van der Waals surface area contributed by atoms with Gasteiger partial charge >= 0.3 is 0 Å². The third kappa shape index (κ3) is 2.97. The molecule has 0 saturated carbocycles. The van der Waals surface area contributed by atoms with Gasteiger partial charge in [-0.3, -0.25) is 0 Å². The lowest BCUT2D eigenvalue weighted by molar-refractivity contribution is 0.383. The molecule has 0 atom stereocenters. The molecule has 2 aromatic carbocycles. The molecule has 116 valence electrons. The van der Waals surface area contributed by atoms with Gasteiger partial charge in [0.15, 0.2) is 23.3 Å². The van der Waals surface area contributed by atoms with Gasteiger partial charge in [0.1, 0.15) is 8.07 Å². The lowest BCUT2D eigenvalue weighted by Gasteiger charge is -2.21. The highest BCUT2D eigenvalue weighted by Crippen LogP contribution is 2.21. The van der Waals surface area contributed by atoms with Gasteiger partial charge in [0.05, 0.1) is 0 Å². The summed E-state index contributed by atoms with van der Waals surface area (Å²) < 4.78 is 67.6. The molecule has 0 heterocycles. The fourth-order valence-corrected chi connectivity index (χ4v) is 4.25. The van der Waals surface area contributed by atoms with Crippen LogP contribution in [-0.2, 0) is 0 Å². The first-order valence-corrected chi connectivity index (χ1v) is 9.59. The molecule has 0 aliphatic carbocycles. The zero-order chi connectivity index (χ0) is 16.5. The van der Waals surface area contributed by atoms with Gasteiger partial charge in [0, 0.05) is 5.19 Å². The van der Waals surface area contributed by atoms with Gasteiger partial charge in [-0.25, -0.2) is 22.0 Å². The Morgan fingerprint density at radius 2 is 1.18 bits per heavy atom. The van der Waals surface area contributed by atoms with Crippen molar-refractivity contribution < 1.29 is 22.0 Å². The number of benzene rings is 2. The average Bonchev–Trinajstić information content (AvgIpc) is 2.50.